The van der Waals surface area contributed by atoms with E-state index in [4.69, 9.17) is 0 Å². The third-order valence-electron chi connectivity index (χ3n) is 3.19. The van der Waals surface area contributed by atoms with Gasteiger partial charge in [0.05, 0.1) is 0 Å². The second-order valence-electron chi connectivity index (χ2n) is 4.31. The molecule has 0 radical (unpaired) electrons. The van der Waals surface area contributed by atoms with Crippen LogP contribution >= 0.6 is 11.8 Å². The van der Waals surface area contributed by atoms with Gasteiger partial charge in [-0.1, -0.05) is 20.3 Å². The molecular weight excluding hydrogens is 180 g/mol. The molecule has 1 heterocycles. The number of carbonyl (C=O) groups excluding carboxylic acids is 1. The quantitative estimate of drug-likeness (QED) is 0.649. The SMILES string of the molecule is CCC(C)CC1(C=O)CCSCC1. The van der Waals surface area contributed by atoms with Gasteiger partial charge >= 0.3 is 0 Å². The highest BCUT2D eigenvalue weighted by Crippen LogP contribution is 2.38. The Morgan fingerprint density at radius 1 is 1.46 bits per heavy atom. The summed E-state index contributed by atoms with van der Waals surface area (Å²) in [5, 5.41) is 0. The van der Waals surface area contributed by atoms with Crippen molar-refractivity contribution in [3.63, 3.8) is 0 Å². The first-order valence-electron chi connectivity index (χ1n) is 5.26. The lowest BCUT2D eigenvalue weighted by Gasteiger charge is -2.33. The highest BCUT2D eigenvalue weighted by Gasteiger charge is 2.32. The van der Waals surface area contributed by atoms with Gasteiger partial charge in [0, 0.05) is 5.41 Å². The highest BCUT2D eigenvalue weighted by atomic mass is 32.2. The molecule has 0 saturated carbocycles. The molecule has 1 rings (SSSR count). The summed E-state index contributed by atoms with van der Waals surface area (Å²) in [5.74, 6) is 3.05. The minimum Gasteiger partial charge on any atom is -0.303 e. The zero-order chi connectivity index (χ0) is 9.73. The summed E-state index contributed by atoms with van der Waals surface area (Å²) >= 11 is 1.99. The van der Waals surface area contributed by atoms with Gasteiger partial charge in [-0.05, 0) is 36.7 Å². The fraction of sp³-hybridized carbons (Fsp3) is 0.909. The van der Waals surface area contributed by atoms with Crippen molar-refractivity contribution in [3.05, 3.63) is 0 Å². The Balaban J connectivity index is 2.52. The Kier molecular flexibility index (Phi) is 4.30. The molecule has 0 amide bonds. The molecule has 13 heavy (non-hydrogen) atoms. The van der Waals surface area contributed by atoms with Crippen molar-refractivity contribution in [1.29, 1.82) is 0 Å². The zero-order valence-electron chi connectivity index (χ0n) is 8.71. The van der Waals surface area contributed by atoms with E-state index in [1.807, 2.05) is 11.8 Å². The minimum atomic E-state index is 0.0423. The second kappa shape index (κ2) is 5.04. The van der Waals surface area contributed by atoms with Crippen molar-refractivity contribution in [2.75, 3.05) is 11.5 Å². The van der Waals surface area contributed by atoms with Crippen LogP contribution < -0.4 is 0 Å². The van der Waals surface area contributed by atoms with E-state index in [1.54, 1.807) is 0 Å². The first-order valence-corrected chi connectivity index (χ1v) is 6.42. The third kappa shape index (κ3) is 3.01. The summed E-state index contributed by atoms with van der Waals surface area (Å²) in [6, 6.07) is 0. The molecule has 0 aliphatic carbocycles. The van der Waals surface area contributed by atoms with Crippen LogP contribution in [0, 0.1) is 11.3 Å². The summed E-state index contributed by atoms with van der Waals surface area (Å²) in [6.45, 7) is 4.47. The van der Waals surface area contributed by atoms with Crippen LogP contribution in [0.4, 0.5) is 0 Å². The largest absolute Gasteiger partial charge is 0.303 e. The maximum absolute atomic E-state index is 11.1. The smallest absolute Gasteiger partial charge is 0.126 e. The zero-order valence-corrected chi connectivity index (χ0v) is 9.53. The highest BCUT2D eigenvalue weighted by molar-refractivity contribution is 7.99. The third-order valence-corrected chi connectivity index (χ3v) is 4.18. The van der Waals surface area contributed by atoms with E-state index in [1.165, 1.54) is 24.2 Å². The molecule has 2 heteroatoms. The summed E-state index contributed by atoms with van der Waals surface area (Å²) in [4.78, 5) is 11.1. The number of hydrogen-bond donors (Lipinski definition) is 0. The van der Waals surface area contributed by atoms with Gasteiger partial charge < -0.3 is 4.79 Å². The Hall–Kier alpha value is 0.0200. The van der Waals surface area contributed by atoms with E-state index in [2.05, 4.69) is 13.8 Å². The Labute approximate surface area is 85.7 Å². The molecule has 0 aromatic rings. The maximum Gasteiger partial charge on any atom is 0.126 e. The monoisotopic (exact) mass is 200 g/mol. The summed E-state index contributed by atoms with van der Waals surface area (Å²) in [5.41, 5.74) is 0.0423. The molecule has 0 spiro atoms. The fourth-order valence-electron chi connectivity index (χ4n) is 1.99. The molecular formula is C11H20OS. The van der Waals surface area contributed by atoms with Gasteiger partial charge in [0.2, 0.25) is 0 Å². The molecule has 1 fully saturated rings. The molecule has 1 aliphatic heterocycles. The van der Waals surface area contributed by atoms with E-state index in [0.717, 1.165) is 19.3 Å². The predicted molar refractivity (Wildman–Crippen MR) is 59.1 cm³/mol. The number of thioether (sulfide) groups is 1. The van der Waals surface area contributed by atoms with E-state index in [-0.39, 0.29) is 5.41 Å². The van der Waals surface area contributed by atoms with E-state index >= 15 is 0 Å². The Morgan fingerprint density at radius 2 is 2.08 bits per heavy atom. The first-order chi connectivity index (χ1) is 6.22. The van der Waals surface area contributed by atoms with Crippen molar-refractivity contribution in [1.82, 2.24) is 0 Å². The normalized spacial score (nSPS) is 23.8. The van der Waals surface area contributed by atoms with Crippen LogP contribution in [-0.2, 0) is 4.79 Å². The summed E-state index contributed by atoms with van der Waals surface area (Å²) in [7, 11) is 0. The van der Waals surface area contributed by atoms with Crippen molar-refractivity contribution in [2.45, 2.75) is 39.5 Å². The van der Waals surface area contributed by atoms with Crippen LogP contribution in [-0.4, -0.2) is 17.8 Å². The lowest BCUT2D eigenvalue weighted by molar-refractivity contribution is -0.117. The van der Waals surface area contributed by atoms with E-state index < -0.39 is 0 Å². The number of rotatable bonds is 4. The molecule has 0 aromatic carbocycles. The van der Waals surface area contributed by atoms with Gasteiger partial charge in [0.25, 0.3) is 0 Å². The van der Waals surface area contributed by atoms with Gasteiger partial charge in [0.1, 0.15) is 6.29 Å². The fourth-order valence-corrected chi connectivity index (χ4v) is 3.29. The molecule has 0 bridgehead atoms. The van der Waals surface area contributed by atoms with E-state index in [0.29, 0.717) is 5.92 Å². The maximum atomic E-state index is 11.1. The topological polar surface area (TPSA) is 17.1 Å². The second-order valence-corrected chi connectivity index (χ2v) is 5.53. The summed E-state index contributed by atoms with van der Waals surface area (Å²) < 4.78 is 0. The Bertz CT molecular complexity index is 161. The van der Waals surface area contributed by atoms with Crippen LogP contribution in [0.2, 0.25) is 0 Å². The average Bonchev–Trinajstić information content (AvgIpc) is 2.19. The molecule has 76 valence electrons. The van der Waals surface area contributed by atoms with Crippen molar-refractivity contribution in [3.8, 4) is 0 Å². The molecule has 1 atom stereocenters. The van der Waals surface area contributed by atoms with Crippen LogP contribution in [0.1, 0.15) is 39.5 Å². The molecule has 1 unspecified atom stereocenters. The average molecular weight is 200 g/mol. The molecule has 1 saturated heterocycles. The molecule has 0 N–H and O–H groups in total. The van der Waals surface area contributed by atoms with Crippen molar-refractivity contribution >= 4 is 18.0 Å². The summed E-state index contributed by atoms with van der Waals surface area (Å²) in [6.07, 6.45) is 5.74. The van der Waals surface area contributed by atoms with Crippen molar-refractivity contribution < 1.29 is 4.79 Å². The number of aldehydes is 1. The van der Waals surface area contributed by atoms with Gasteiger partial charge in [-0.25, -0.2) is 0 Å². The number of carbonyl (C=O) groups is 1. The minimum absolute atomic E-state index is 0.0423. The molecule has 0 aromatic heterocycles. The van der Waals surface area contributed by atoms with Crippen LogP contribution in [0.3, 0.4) is 0 Å². The first kappa shape index (κ1) is 11.1. The Morgan fingerprint density at radius 3 is 2.54 bits per heavy atom. The standard InChI is InChI=1S/C11H20OS/c1-3-10(2)8-11(9-12)4-6-13-7-5-11/h9-10H,3-8H2,1-2H3. The molecule has 1 aliphatic rings. The van der Waals surface area contributed by atoms with E-state index in [9.17, 15) is 4.79 Å². The van der Waals surface area contributed by atoms with Crippen LogP contribution in [0.5, 0.6) is 0 Å². The van der Waals surface area contributed by atoms with Crippen LogP contribution in [0.25, 0.3) is 0 Å². The van der Waals surface area contributed by atoms with Crippen molar-refractivity contribution in [2.24, 2.45) is 11.3 Å². The predicted octanol–water partition coefficient (Wildman–Crippen LogP) is 3.13. The lowest BCUT2D eigenvalue weighted by atomic mass is 9.76. The molecule has 1 nitrogen and oxygen atoms in total. The van der Waals surface area contributed by atoms with Gasteiger partial charge in [-0.3, -0.25) is 0 Å². The van der Waals surface area contributed by atoms with Crippen LogP contribution in [0.15, 0.2) is 0 Å². The number of hydrogen-bond acceptors (Lipinski definition) is 2. The van der Waals surface area contributed by atoms with Gasteiger partial charge in [-0.2, -0.15) is 11.8 Å². The lowest BCUT2D eigenvalue weighted by Crippen LogP contribution is -2.29. The van der Waals surface area contributed by atoms with Gasteiger partial charge in [0.15, 0.2) is 0 Å². The van der Waals surface area contributed by atoms with Gasteiger partial charge in [-0.15, -0.1) is 0 Å².